The number of hydrogen-bond donors (Lipinski definition) is 2. The molecule has 2 nitrogen and oxygen atoms in total. The van der Waals surface area contributed by atoms with E-state index >= 15 is 0 Å². The molecule has 130 valence electrons. The molecule has 4 aliphatic rings. The Balaban J connectivity index is 1.44. The third kappa shape index (κ3) is 3.05. The highest BCUT2D eigenvalue weighted by Gasteiger charge is 2.53. The van der Waals surface area contributed by atoms with Gasteiger partial charge in [0.25, 0.3) is 0 Å². The second-order valence-electron chi connectivity index (χ2n) is 8.35. The lowest BCUT2D eigenvalue weighted by Crippen LogP contribution is -2.57. The molecule has 24 heavy (non-hydrogen) atoms. The van der Waals surface area contributed by atoms with Gasteiger partial charge in [-0.1, -0.05) is 6.92 Å². The predicted molar refractivity (Wildman–Crippen MR) is 100 cm³/mol. The van der Waals surface area contributed by atoms with E-state index in [0.717, 1.165) is 29.9 Å². The number of anilines is 1. The molecule has 0 saturated heterocycles. The molecule has 4 saturated carbocycles. The Kier molecular flexibility index (Phi) is 4.27. The molecule has 0 radical (unpaired) electrons. The van der Waals surface area contributed by atoms with Crippen molar-refractivity contribution in [2.45, 2.75) is 57.9 Å². The Morgan fingerprint density at radius 1 is 1.12 bits per heavy atom. The molecular weight excluding hydrogens is 319 g/mol. The predicted octanol–water partition coefficient (Wildman–Crippen LogP) is 5.11. The SMILES string of the molecule is CCC(NC(=S)Nc1ccc(F)cc1)C12CC3CC(CC(C3)C1)C2. The molecule has 5 rings (SSSR count). The van der Waals surface area contributed by atoms with Crippen LogP contribution in [0.2, 0.25) is 0 Å². The topological polar surface area (TPSA) is 24.1 Å². The van der Waals surface area contributed by atoms with Gasteiger partial charge in [0.05, 0.1) is 0 Å². The van der Waals surface area contributed by atoms with Crippen molar-refractivity contribution in [1.82, 2.24) is 5.32 Å². The zero-order valence-electron chi connectivity index (χ0n) is 14.4. The Morgan fingerprint density at radius 3 is 2.17 bits per heavy atom. The number of rotatable bonds is 4. The van der Waals surface area contributed by atoms with Crippen LogP contribution in [-0.2, 0) is 0 Å². The van der Waals surface area contributed by atoms with Crippen molar-refractivity contribution in [3.8, 4) is 0 Å². The van der Waals surface area contributed by atoms with Crippen molar-refractivity contribution >= 4 is 23.0 Å². The Labute approximate surface area is 149 Å². The van der Waals surface area contributed by atoms with Gasteiger partial charge in [-0.3, -0.25) is 0 Å². The van der Waals surface area contributed by atoms with Crippen molar-refractivity contribution < 1.29 is 4.39 Å². The first kappa shape index (κ1) is 16.3. The smallest absolute Gasteiger partial charge is 0.171 e. The Hall–Kier alpha value is -1.16. The maximum Gasteiger partial charge on any atom is 0.171 e. The summed E-state index contributed by atoms with van der Waals surface area (Å²) in [5.74, 6) is 2.63. The fraction of sp³-hybridized carbons (Fsp3) is 0.650. The van der Waals surface area contributed by atoms with Gasteiger partial charge < -0.3 is 10.6 Å². The van der Waals surface area contributed by atoms with Crippen molar-refractivity contribution in [3.05, 3.63) is 30.1 Å². The lowest BCUT2D eigenvalue weighted by Gasteiger charge is -2.59. The molecular formula is C20H27FN2S. The molecule has 1 aromatic carbocycles. The van der Waals surface area contributed by atoms with E-state index in [2.05, 4.69) is 17.6 Å². The standard InChI is InChI=1S/C20H27FN2S/c1-2-18(23-19(24)22-17-5-3-16(21)4-6-17)20-10-13-7-14(11-20)9-15(8-13)12-20/h3-6,13-15,18H,2,7-12H2,1H3,(H2,22,23,24). The molecule has 2 N–H and O–H groups in total. The largest absolute Gasteiger partial charge is 0.359 e. The average Bonchev–Trinajstić information content (AvgIpc) is 2.53. The van der Waals surface area contributed by atoms with Crippen molar-refractivity contribution in [2.75, 3.05) is 5.32 Å². The second-order valence-corrected chi connectivity index (χ2v) is 8.75. The quantitative estimate of drug-likeness (QED) is 0.741. The second kappa shape index (κ2) is 6.29. The van der Waals surface area contributed by atoms with Gasteiger partial charge in [0.2, 0.25) is 0 Å². The number of benzene rings is 1. The minimum absolute atomic E-state index is 0.223. The van der Waals surface area contributed by atoms with Crippen LogP contribution in [0.4, 0.5) is 10.1 Å². The molecule has 4 fully saturated rings. The minimum atomic E-state index is -0.223. The fourth-order valence-corrected chi connectivity index (χ4v) is 6.41. The van der Waals surface area contributed by atoms with Crippen LogP contribution >= 0.6 is 12.2 Å². The van der Waals surface area contributed by atoms with Gasteiger partial charge in [-0.25, -0.2) is 4.39 Å². The summed E-state index contributed by atoms with van der Waals surface area (Å²) in [5.41, 5.74) is 1.28. The van der Waals surface area contributed by atoms with E-state index in [1.807, 2.05) is 0 Å². The molecule has 1 aromatic rings. The van der Waals surface area contributed by atoms with Crippen LogP contribution in [0.25, 0.3) is 0 Å². The number of thiocarbonyl (C=S) groups is 1. The maximum absolute atomic E-state index is 13.0. The summed E-state index contributed by atoms with van der Waals surface area (Å²) in [5, 5.41) is 7.50. The number of nitrogens with one attached hydrogen (secondary N) is 2. The van der Waals surface area contributed by atoms with E-state index in [1.165, 1.54) is 50.7 Å². The van der Waals surface area contributed by atoms with Crippen LogP contribution in [0, 0.1) is 29.0 Å². The maximum atomic E-state index is 13.0. The zero-order chi connectivity index (χ0) is 16.7. The molecule has 1 atom stereocenters. The minimum Gasteiger partial charge on any atom is -0.359 e. The molecule has 4 aliphatic carbocycles. The zero-order valence-corrected chi connectivity index (χ0v) is 15.2. The third-order valence-corrected chi connectivity index (χ3v) is 6.86. The Bertz CT molecular complexity index is 577. The molecule has 4 bridgehead atoms. The molecule has 0 aliphatic heterocycles. The summed E-state index contributed by atoms with van der Waals surface area (Å²) in [7, 11) is 0. The summed E-state index contributed by atoms with van der Waals surface area (Å²) in [6, 6.07) is 6.83. The van der Waals surface area contributed by atoms with Crippen LogP contribution in [-0.4, -0.2) is 11.2 Å². The van der Waals surface area contributed by atoms with E-state index in [9.17, 15) is 4.39 Å². The van der Waals surface area contributed by atoms with Gasteiger partial charge in [0, 0.05) is 11.7 Å². The van der Waals surface area contributed by atoms with Gasteiger partial charge in [-0.15, -0.1) is 0 Å². The fourth-order valence-electron chi connectivity index (χ4n) is 6.15. The lowest BCUT2D eigenvalue weighted by atomic mass is 9.47. The van der Waals surface area contributed by atoms with Gasteiger partial charge in [0.15, 0.2) is 5.11 Å². The van der Waals surface area contributed by atoms with Crippen LogP contribution in [0.15, 0.2) is 24.3 Å². The number of halogens is 1. The van der Waals surface area contributed by atoms with E-state index in [0.29, 0.717) is 16.6 Å². The van der Waals surface area contributed by atoms with Crippen LogP contribution in [0.1, 0.15) is 51.9 Å². The van der Waals surface area contributed by atoms with Crippen LogP contribution in [0.3, 0.4) is 0 Å². The molecule has 1 unspecified atom stereocenters. The highest BCUT2D eigenvalue weighted by Crippen LogP contribution is 2.61. The molecule has 4 heteroatoms. The van der Waals surface area contributed by atoms with E-state index in [-0.39, 0.29) is 5.82 Å². The van der Waals surface area contributed by atoms with E-state index in [1.54, 1.807) is 12.1 Å². The van der Waals surface area contributed by atoms with Gasteiger partial charge in [0.1, 0.15) is 5.82 Å². The summed E-state index contributed by atoms with van der Waals surface area (Å²) < 4.78 is 13.0. The number of hydrogen-bond acceptors (Lipinski definition) is 1. The van der Waals surface area contributed by atoms with Crippen LogP contribution < -0.4 is 10.6 Å². The van der Waals surface area contributed by atoms with Gasteiger partial charge in [-0.05, 0) is 105 Å². The summed E-state index contributed by atoms with van der Waals surface area (Å²) in [6.07, 6.45) is 9.64. The highest BCUT2D eigenvalue weighted by molar-refractivity contribution is 7.80. The summed E-state index contributed by atoms with van der Waals surface area (Å²) >= 11 is 5.55. The first-order chi connectivity index (χ1) is 11.6. The molecule has 0 spiro atoms. The van der Waals surface area contributed by atoms with E-state index < -0.39 is 0 Å². The van der Waals surface area contributed by atoms with Gasteiger partial charge >= 0.3 is 0 Å². The lowest BCUT2D eigenvalue weighted by molar-refractivity contribution is -0.0709. The first-order valence-electron chi connectivity index (χ1n) is 9.39. The average molecular weight is 347 g/mol. The third-order valence-electron chi connectivity index (χ3n) is 6.64. The molecule has 0 heterocycles. The van der Waals surface area contributed by atoms with Gasteiger partial charge in [-0.2, -0.15) is 0 Å². The Morgan fingerprint density at radius 2 is 1.67 bits per heavy atom. The summed E-state index contributed by atoms with van der Waals surface area (Å²) in [6.45, 7) is 2.27. The normalized spacial score (nSPS) is 34.8. The highest BCUT2D eigenvalue weighted by atomic mass is 32.1. The van der Waals surface area contributed by atoms with Crippen molar-refractivity contribution in [1.29, 1.82) is 0 Å². The molecule has 0 amide bonds. The molecule has 0 aromatic heterocycles. The first-order valence-corrected chi connectivity index (χ1v) is 9.80. The van der Waals surface area contributed by atoms with Crippen LogP contribution in [0.5, 0.6) is 0 Å². The van der Waals surface area contributed by atoms with E-state index in [4.69, 9.17) is 12.2 Å². The van der Waals surface area contributed by atoms with Crippen molar-refractivity contribution in [3.63, 3.8) is 0 Å². The summed E-state index contributed by atoms with van der Waals surface area (Å²) in [4.78, 5) is 0. The monoisotopic (exact) mass is 346 g/mol. The van der Waals surface area contributed by atoms with Crippen molar-refractivity contribution in [2.24, 2.45) is 23.2 Å².